The molecule has 2 aromatic carbocycles. The zero-order valence-corrected chi connectivity index (χ0v) is 13.8. The third kappa shape index (κ3) is 2.68. The number of aromatic amines is 1. The predicted octanol–water partition coefficient (Wildman–Crippen LogP) is 3.87. The van der Waals surface area contributed by atoms with Crippen LogP contribution in [0.3, 0.4) is 0 Å². The Kier molecular flexibility index (Phi) is 3.79. The summed E-state index contributed by atoms with van der Waals surface area (Å²) in [5.74, 6) is 1.88. The molecule has 0 unspecified atom stereocenters. The van der Waals surface area contributed by atoms with Crippen molar-refractivity contribution in [2.75, 3.05) is 6.79 Å². The smallest absolute Gasteiger partial charge is 0.231 e. The normalized spacial score (nSPS) is 12.9. The lowest BCUT2D eigenvalue weighted by molar-refractivity contribution is 0.174. The van der Waals surface area contributed by atoms with E-state index in [2.05, 4.69) is 15.3 Å². The maximum Gasteiger partial charge on any atom is 0.231 e. The minimum atomic E-state index is 0.192. The lowest BCUT2D eigenvalue weighted by atomic mass is 10.2. The monoisotopic (exact) mass is 358 g/mol. The fourth-order valence-electron chi connectivity index (χ4n) is 2.32. The highest BCUT2D eigenvalue weighted by atomic mass is 35.5. The van der Waals surface area contributed by atoms with Gasteiger partial charge in [-0.2, -0.15) is 14.9 Å². The number of ether oxygens (including phenoxy) is 2. The second-order valence-corrected chi connectivity index (χ2v) is 5.80. The molecular weight excluding hydrogens is 348 g/mol. The number of hydrogen-bond acceptors (Lipinski definition) is 5. The molecule has 1 aliphatic heterocycles. The quantitative estimate of drug-likeness (QED) is 0.570. The van der Waals surface area contributed by atoms with Gasteiger partial charge in [-0.25, -0.2) is 5.10 Å². The molecule has 120 valence electrons. The molecule has 24 heavy (non-hydrogen) atoms. The van der Waals surface area contributed by atoms with Gasteiger partial charge in [0.25, 0.3) is 0 Å². The molecule has 0 amide bonds. The average Bonchev–Trinajstić information content (AvgIpc) is 3.19. The molecule has 3 aromatic rings. The topological polar surface area (TPSA) is 64.4 Å². The van der Waals surface area contributed by atoms with Crippen molar-refractivity contribution >= 4 is 30.0 Å². The van der Waals surface area contributed by atoms with Crippen molar-refractivity contribution in [1.82, 2.24) is 14.9 Å². The number of benzene rings is 2. The van der Waals surface area contributed by atoms with Crippen LogP contribution in [0.25, 0.3) is 11.4 Å². The minimum absolute atomic E-state index is 0.192. The maximum absolute atomic E-state index is 6.26. The number of nitrogens with zero attached hydrogens (tertiary/aromatic N) is 3. The first-order chi connectivity index (χ1) is 11.7. The van der Waals surface area contributed by atoms with Gasteiger partial charge in [0, 0.05) is 17.2 Å². The molecule has 1 aliphatic rings. The van der Waals surface area contributed by atoms with Crippen molar-refractivity contribution in [3.8, 4) is 22.9 Å². The van der Waals surface area contributed by atoms with Crippen LogP contribution in [0, 0.1) is 4.77 Å². The Hall–Kier alpha value is -2.64. The maximum atomic E-state index is 6.26. The molecule has 6 nitrogen and oxygen atoms in total. The van der Waals surface area contributed by atoms with Crippen LogP contribution < -0.4 is 9.47 Å². The molecular formula is C16H11ClN4O2S. The van der Waals surface area contributed by atoms with E-state index < -0.39 is 0 Å². The molecule has 8 heteroatoms. The summed E-state index contributed by atoms with van der Waals surface area (Å²) >= 11 is 11.5. The van der Waals surface area contributed by atoms with E-state index in [0.717, 1.165) is 5.56 Å². The van der Waals surface area contributed by atoms with Gasteiger partial charge in [0.1, 0.15) is 0 Å². The van der Waals surface area contributed by atoms with Gasteiger partial charge >= 0.3 is 0 Å². The Morgan fingerprint density at radius 2 is 1.96 bits per heavy atom. The molecule has 0 radical (unpaired) electrons. The summed E-state index contributed by atoms with van der Waals surface area (Å²) < 4.78 is 12.6. The summed E-state index contributed by atoms with van der Waals surface area (Å²) in [4.78, 5) is 0. The second-order valence-electron chi connectivity index (χ2n) is 5.00. The first-order valence-electron chi connectivity index (χ1n) is 7.09. The van der Waals surface area contributed by atoms with Crippen molar-refractivity contribution in [3.63, 3.8) is 0 Å². The van der Waals surface area contributed by atoms with Crippen LogP contribution in [0.5, 0.6) is 11.5 Å². The second kappa shape index (κ2) is 6.10. The fraction of sp³-hybridized carbons (Fsp3) is 0.0625. The molecule has 0 aliphatic carbocycles. The number of hydrogen-bond donors (Lipinski definition) is 1. The number of aromatic nitrogens is 3. The average molecular weight is 359 g/mol. The van der Waals surface area contributed by atoms with Gasteiger partial charge in [-0.1, -0.05) is 41.9 Å². The largest absolute Gasteiger partial charge is 0.454 e. The first-order valence-corrected chi connectivity index (χ1v) is 7.87. The van der Waals surface area contributed by atoms with Crippen molar-refractivity contribution in [1.29, 1.82) is 0 Å². The fourth-order valence-corrected chi connectivity index (χ4v) is 2.71. The SMILES string of the molecule is S=c1[nH]nc(-c2ccccc2)n1N=Cc1cc2c(cc1Cl)OCO2. The lowest BCUT2D eigenvalue weighted by Crippen LogP contribution is -1.95. The standard InChI is InChI=1S/C16H11ClN4O2S/c17-12-7-14-13(22-9-23-14)6-11(12)8-18-21-15(19-20-16(21)24)10-4-2-1-3-5-10/h1-8H,9H2,(H,20,24). The molecule has 4 rings (SSSR count). The number of halogens is 1. The zero-order chi connectivity index (χ0) is 16.5. The molecule has 0 saturated heterocycles. The predicted molar refractivity (Wildman–Crippen MR) is 93.4 cm³/mol. The Morgan fingerprint density at radius 3 is 2.75 bits per heavy atom. The van der Waals surface area contributed by atoms with Crippen LogP contribution in [0.15, 0.2) is 47.6 Å². The van der Waals surface area contributed by atoms with E-state index in [0.29, 0.717) is 32.7 Å². The number of nitrogens with one attached hydrogen (secondary N) is 1. The zero-order valence-electron chi connectivity index (χ0n) is 12.3. The molecule has 0 spiro atoms. The van der Waals surface area contributed by atoms with Gasteiger partial charge in [-0.15, -0.1) is 0 Å². The summed E-state index contributed by atoms with van der Waals surface area (Å²) in [6, 6.07) is 13.1. The summed E-state index contributed by atoms with van der Waals surface area (Å²) in [7, 11) is 0. The number of H-pyrrole nitrogens is 1. The number of fused-ring (bicyclic) bond motifs is 1. The summed E-state index contributed by atoms with van der Waals surface area (Å²) in [5.41, 5.74) is 1.60. The minimum Gasteiger partial charge on any atom is -0.454 e. The van der Waals surface area contributed by atoms with Gasteiger partial charge in [-0.05, 0) is 18.3 Å². The van der Waals surface area contributed by atoms with Gasteiger partial charge in [0.2, 0.25) is 11.6 Å². The molecule has 0 saturated carbocycles. The van der Waals surface area contributed by atoms with Crippen molar-refractivity contribution in [2.24, 2.45) is 5.10 Å². The molecule has 1 aromatic heterocycles. The third-order valence-corrected chi connectivity index (χ3v) is 4.08. The molecule has 0 atom stereocenters. The lowest BCUT2D eigenvalue weighted by Gasteiger charge is -2.03. The van der Waals surface area contributed by atoms with E-state index in [1.54, 1.807) is 23.0 Å². The highest BCUT2D eigenvalue weighted by molar-refractivity contribution is 7.71. The third-order valence-electron chi connectivity index (χ3n) is 3.49. The van der Waals surface area contributed by atoms with Crippen LogP contribution >= 0.6 is 23.8 Å². The van der Waals surface area contributed by atoms with Crippen molar-refractivity contribution in [2.45, 2.75) is 0 Å². The van der Waals surface area contributed by atoms with E-state index >= 15 is 0 Å². The van der Waals surface area contributed by atoms with E-state index in [1.807, 2.05) is 30.3 Å². The van der Waals surface area contributed by atoms with Crippen LogP contribution in [0.1, 0.15) is 5.56 Å². The van der Waals surface area contributed by atoms with Crippen molar-refractivity contribution < 1.29 is 9.47 Å². The summed E-state index contributed by atoms with van der Waals surface area (Å²) in [5, 5.41) is 11.9. The molecule has 2 heterocycles. The molecule has 0 bridgehead atoms. The van der Waals surface area contributed by atoms with Gasteiger partial charge in [-0.3, -0.25) is 0 Å². The van der Waals surface area contributed by atoms with E-state index in [9.17, 15) is 0 Å². The van der Waals surface area contributed by atoms with Crippen LogP contribution in [0.2, 0.25) is 5.02 Å². The van der Waals surface area contributed by atoms with Gasteiger partial charge < -0.3 is 9.47 Å². The Bertz CT molecular complexity index is 981. The van der Waals surface area contributed by atoms with Gasteiger partial charge in [0.05, 0.1) is 11.2 Å². The Labute approximate surface area is 147 Å². The van der Waals surface area contributed by atoms with E-state index in [-0.39, 0.29) is 6.79 Å². The summed E-state index contributed by atoms with van der Waals surface area (Å²) in [6.45, 7) is 0.192. The highest BCUT2D eigenvalue weighted by Crippen LogP contribution is 2.36. The van der Waals surface area contributed by atoms with Crippen LogP contribution in [0.4, 0.5) is 0 Å². The summed E-state index contributed by atoms with van der Waals surface area (Å²) in [6.07, 6.45) is 1.61. The van der Waals surface area contributed by atoms with Crippen molar-refractivity contribution in [3.05, 3.63) is 57.8 Å². The van der Waals surface area contributed by atoms with E-state index in [1.165, 1.54) is 0 Å². The Morgan fingerprint density at radius 1 is 1.21 bits per heavy atom. The molecule has 1 N–H and O–H groups in total. The van der Waals surface area contributed by atoms with Crippen LogP contribution in [-0.4, -0.2) is 27.9 Å². The van der Waals surface area contributed by atoms with Gasteiger partial charge in [0.15, 0.2) is 17.3 Å². The number of rotatable bonds is 3. The van der Waals surface area contributed by atoms with Crippen LogP contribution in [-0.2, 0) is 0 Å². The molecule has 0 fully saturated rings. The first kappa shape index (κ1) is 14.9. The van der Waals surface area contributed by atoms with E-state index in [4.69, 9.17) is 33.3 Å². The highest BCUT2D eigenvalue weighted by Gasteiger charge is 2.16. The Balaban J connectivity index is 1.73.